The molecule has 0 radical (unpaired) electrons. The van der Waals surface area contributed by atoms with Gasteiger partial charge in [0.25, 0.3) is 0 Å². The number of aromatic nitrogens is 1. The van der Waals surface area contributed by atoms with Crippen LogP contribution in [-0.2, 0) is 22.7 Å². The topological polar surface area (TPSA) is 62.3 Å². The Labute approximate surface area is 171 Å². The smallest absolute Gasteiger partial charge is 0.247 e. The van der Waals surface area contributed by atoms with Gasteiger partial charge in [-0.05, 0) is 23.3 Å². The lowest BCUT2D eigenvalue weighted by Crippen LogP contribution is -2.43. The summed E-state index contributed by atoms with van der Waals surface area (Å²) in [4.78, 5) is 32.0. The summed E-state index contributed by atoms with van der Waals surface area (Å²) in [5.41, 5.74) is 2.53. The standard InChI is InChI=1S/C24H25N3O2/c1-2-22(28)27(18-19-11-5-3-6-12-19)23(20-13-7-4-8-14-20)24(29)26-17-21-15-9-10-16-25-21/h3-16,23H,2,17-18H2,1H3,(H,26,29)/t23-/m1/s1. The zero-order valence-electron chi connectivity index (χ0n) is 16.5. The highest BCUT2D eigenvalue weighted by molar-refractivity contribution is 5.88. The van der Waals surface area contributed by atoms with Crippen LogP contribution in [0.25, 0.3) is 0 Å². The van der Waals surface area contributed by atoms with Crippen LogP contribution in [-0.4, -0.2) is 21.7 Å². The molecule has 0 unspecified atom stereocenters. The number of hydrogen-bond donors (Lipinski definition) is 1. The molecule has 1 atom stereocenters. The van der Waals surface area contributed by atoms with Gasteiger partial charge in [-0.15, -0.1) is 0 Å². The molecule has 0 aliphatic carbocycles. The van der Waals surface area contributed by atoms with Crippen molar-refractivity contribution in [2.24, 2.45) is 0 Å². The van der Waals surface area contributed by atoms with Crippen LogP contribution >= 0.6 is 0 Å². The molecule has 29 heavy (non-hydrogen) atoms. The minimum atomic E-state index is -0.715. The molecule has 2 amide bonds. The number of pyridine rings is 1. The molecule has 3 aromatic rings. The Balaban J connectivity index is 1.89. The van der Waals surface area contributed by atoms with E-state index in [1.54, 1.807) is 11.1 Å². The van der Waals surface area contributed by atoms with E-state index in [0.717, 1.165) is 16.8 Å². The summed E-state index contributed by atoms with van der Waals surface area (Å²) in [5, 5.41) is 2.95. The van der Waals surface area contributed by atoms with E-state index in [1.807, 2.05) is 85.8 Å². The predicted octanol–water partition coefficient (Wildman–Crippen LogP) is 3.88. The summed E-state index contributed by atoms with van der Waals surface area (Å²) in [5.74, 6) is -0.296. The first kappa shape index (κ1) is 20.3. The number of hydrogen-bond acceptors (Lipinski definition) is 3. The Kier molecular flexibility index (Phi) is 7.11. The van der Waals surface area contributed by atoms with Gasteiger partial charge in [-0.3, -0.25) is 14.6 Å². The number of carbonyl (C=O) groups excluding carboxylic acids is 2. The van der Waals surface area contributed by atoms with Crippen molar-refractivity contribution < 1.29 is 9.59 Å². The van der Waals surface area contributed by atoms with E-state index < -0.39 is 6.04 Å². The Bertz CT molecular complexity index is 915. The molecule has 0 spiro atoms. The van der Waals surface area contributed by atoms with Crippen molar-refractivity contribution in [2.45, 2.75) is 32.5 Å². The third-order valence-electron chi connectivity index (χ3n) is 4.66. The second-order valence-corrected chi connectivity index (χ2v) is 6.71. The number of nitrogens with zero attached hydrogens (tertiary/aromatic N) is 2. The summed E-state index contributed by atoms with van der Waals surface area (Å²) < 4.78 is 0. The molecule has 5 heteroatoms. The molecule has 0 saturated heterocycles. The predicted molar refractivity (Wildman–Crippen MR) is 113 cm³/mol. The lowest BCUT2D eigenvalue weighted by Gasteiger charge is -2.31. The normalized spacial score (nSPS) is 11.5. The first-order valence-electron chi connectivity index (χ1n) is 9.75. The summed E-state index contributed by atoms with van der Waals surface area (Å²) >= 11 is 0. The Morgan fingerprint density at radius 3 is 2.21 bits per heavy atom. The van der Waals surface area contributed by atoms with Crippen LogP contribution in [0, 0.1) is 0 Å². The maximum Gasteiger partial charge on any atom is 0.247 e. The quantitative estimate of drug-likeness (QED) is 0.638. The summed E-state index contributed by atoms with van der Waals surface area (Å²) in [6.07, 6.45) is 2.02. The summed E-state index contributed by atoms with van der Waals surface area (Å²) in [6, 6.07) is 24.0. The van der Waals surface area contributed by atoms with Crippen molar-refractivity contribution in [2.75, 3.05) is 0 Å². The van der Waals surface area contributed by atoms with Gasteiger partial charge in [-0.25, -0.2) is 0 Å². The molecule has 5 nitrogen and oxygen atoms in total. The van der Waals surface area contributed by atoms with Crippen molar-refractivity contribution in [3.8, 4) is 0 Å². The molecule has 1 aromatic heterocycles. The van der Waals surface area contributed by atoms with E-state index in [0.29, 0.717) is 19.5 Å². The van der Waals surface area contributed by atoms with Crippen LogP contribution in [0.2, 0.25) is 0 Å². The fourth-order valence-corrected chi connectivity index (χ4v) is 3.19. The summed E-state index contributed by atoms with van der Waals surface area (Å²) in [7, 11) is 0. The first-order valence-corrected chi connectivity index (χ1v) is 9.75. The number of benzene rings is 2. The molecule has 1 heterocycles. The minimum absolute atomic E-state index is 0.0734. The third-order valence-corrected chi connectivity index (χ3v) is 4.66. The van der Waals surface area contributed by atoms with Gasteiger partial charge in [0.1, 0.15) is 6.04 Å². The van der Waals surface area contributed by atoms with Crippen LogP contribution in [0.5, 0.6) is 0 Å². The maximum atomic E-state index is 13.2. The number of nitrogens with one attached hydrogen (secondary N) is 1. The van der Waals surface area contributed by atoms with E-state index in [2.05, 4.69) is 10.3 Å². The second kappa shape index (κ2) is 10.2. The monoisotopic (exact) mass is 387 g/mol. The molecule has 3 rings (SSSR count). The van der Waals surface area contributed by atoms with Crippen molar-refractivity contribution >= 4 is 11.8 Å². The lowest BCUT2D eigenvalue weighted by molar-refractivity contribution is -0.141. The molecular formula is C24H25N3O2. The minimum Gasteiger partial charge on any atom is -0.348 e. The largest absolute Gasteiger partial charge is 0.348 e. The van der Waals surface area contributed by atoms with E-state index in [1.165, 1.54) is 0 Å². The molecule has 0 fully saturated rings. The first-order chi connectivity index (χ1) is 14.2. The molecule has 148 valence electrons. The van der Waals surface area contributed by atoms with Gasteiger partial charge in [0.05, 0.1) is 12.2 Å². The highest BCUT2D eigenvalue weighted by atomic mass is 16.2. The lowest BCUT2D eigenvalue weighted by atomic mass is 10.0. The highest BCUT2D eigenvalue weighted by Crippen LogP contribution is 2.24. The van der Waals surface area contributed by atoms with Crippen LogP contribution in [0.4, 0.5) is 0 Å². The van der Waals surface area contributed by atoms with Crippen LogP contribution in [0.3, 0.4) is 0 Å². The Morgan fingerprint density at radius 2 is 1.59 bits per heavy atom. The Morgan fingerprint density at radius 1 is 0.931 bits per heavy atom. The van der Waals surface area contributed by atoms with Crippen molar-refractivity contribution in [3.63, 3.8) is 0 Å². The van der Waals surface area contributed by atoms with Gasteiger partial charge in [-0.2, -0.15) is 0 Å². The molecule has 0 aliphatic heterocycles. The van der Waals surface area contributed by atoms with Gasteiger partial charge in [0, 0.05) is 19.2 Å². The van der Waals surface area contributed by atoms with Gasteiger partial charge < -0.3 is 10.2 Å². The van der Waals surface area contributed by atoms with Crippen molar-refractivity contribution in [1.82, 2.24) is 15.2 Å². The fourth-order valence-electron chi connectivity index (χ4n) is 3.19. The number of amides is 2. The van der Waals surface area contributed by atoms with Gasteiger partial charge >= 0.3 is 0 Å². The third kappa shape index (κ3) is 5.51. The zero-order chi connectivity index (χ0) is 20.5. The Hall–Kier alpha value is -3.47. The number of rotatable bonds is 8. The molecular weight excluding hydrogens is 362 g/mol. The molecule has 0 saturated carbocycles. The maximum absolute atomic E-state index is 13.2. The molecule has 0 aliphatic rings. The average Bonchev–Trinajstić information content (AvgIpc) is 2.79. The van der Waals surface area contributed by atoms with E-state index in [-0.39, 0.29) is 11.8 Å². The number of carbonyl (C=O) groups is 2. The van der Waals surface area contributed by atoms with E-state index in [4.69, 9.17) is 0 Å². The zero-order valence-corrected chi connectivity index (χ0v) is 16.5. The van der Waals surface area contributed by atoms with Gasteiger partial charge in [0.15, 0.2) is 0 Å². The summed E-state index contributed by atoms with van der Waals surface area (Å²) in [6.45, 7) is 2.49. The van der Waals surface area contributed by atoms with Gasteiger partial charge in [0.2, 0.25) is 11.8 Å². The van der Waals surface area contributed by atoms with Crippen LogP contribution < -0.4 is 5.32 Å². The SMILES string of the molecule is CCC(=O)N(Cc1ccccc1)[C@@H](C(=O)NCc1ccccn1)c1ccccc1. The average molecular weight is 387 g/mol. The molecule has 1 N–H and O–H groups in total. The van der Waals surface area contributed by atoms with Crippen molar-refractivity contribution in [1.29, 1.82) is 0 Å². The van der Waals surface area contributed by atoms with E-state index >= 15 is 0 Å². The fraction of sp³-hybridized carbons (Fsp3) is 0.208. The van der Waals surface area contributed by atoms with Crippen molar-refractivity contribution in [3.05, 3.63) is 102 Å². The van der Waals surface area contributed by atoms with Crippen LogP contribution in [0.15, 0.2) is 85.1 Å². The van der Waals surface area contributed by atoms with Crippen LogP contribution in [0.1, 0.15) is 36.2 Å². The highest BCUT2D eigenvalue weighted by Gasteiger charge is 2.30. The molecule has 2 aromatic carbocycles. The van der Waals surface area contributed by atoms with Gasteiger partial charge in [-0.1, -0.05) is 73.7 Å². The van der Waals surface area contributed by atoms with E-state index in [9.17, 15) is 9.59 Å². The second-order valence-electron chi connectivity index (χ2n) is 6.71. The molecule has 0 bridgehead atoms.